The molecule has 0 radical (unpaired) electrons. The van der Waals surface area contributed by atoms with E-state index in [0.717, 1.165) is 106 Å². The summed E-state index contributed by atoms with van der Waals surface area (Å²) in [5.41, 5.74) is 8.28. The van der Waals surface area contributed by atoms with Crippen LogP contribution in [0.4, 0.5) is 0 Å². The minimum absolute atomic E-state index is 0.213. The van der Waals surface area contributed by atoms with Gasteiger partial charge in [0.1, 0.15) is 11.2 Å². The second kappa shape index (κ2) is 24.6. The zero-order valence-electron chi connectivity index (χ0n) is 41.4. The number of hydrogen-bond acceptors (Lipinski definition) is 4. The minimum atomic E-state index is -0.927. The highest BCUT2D eigenvalue weighted by Crippen LogP contribution is 2.43. The van der Waals surface area contributed by atoms with Crippen molar-refractivity contribution in [2.45, 2.75) is 115 Å². The Morgan fingerprint density at radius 2 is 0.776 bits per heavy atom. The summed E-state index contributed by atoms with van der Waals surface area (Å²) in [4.78, 5) is 2.58. The lowest BCUT2D eigenvalue weighted by atomic mass is 9.72. The van der Waals surface area contributed by atoms with Crippen LogP contribution in [-0.4, -0.2) is 53.7 Å². The molecule has 0 spiro atoms. The molecule has 356 valence electrons. The maximum absolute atomic E-state index is 12.1. The largest absolute Gasteiger partial charge is 0.380 e. The fourth-order valence-corrected chi connectivity index (χ4v) is 10.1. The number of hydrogen-bond donors (Lipinski definition) is 3. The zero-order chi connectivity index (χ0) is 47.8. The predicted molar refractivity (Wildman–Crippen MR) is 284 cm³/mol. The van der Waals surface area contributed by atoms with Crippen molar-refractivity contribution >= 4 is 11.6 Å². The summed E-state index contributed by atoms with van der Waals surface area (Å²) in [5, 5.41) is 27.0. The second-order valence-electron chi connectivity index (χ2n) is 20.9. The van der Waals surface area contributed by atoms with Crippen LogP contribution in [0.2, 0.25) is 0 Å². The number of likely N-dealkylation sites (tertiary alicyclic amines) is 1. The van der Waals surface area contributed by atoms with Gasteiger partial charge >= 0.3 is 0 Å². The number of nitrogens with one attached hydrogen (secondary N) is 1. The molecule has 67 heavy (non-hydrogen) atoms. The van der Waals surface area contributed by atoms with Gasteiger partial charge in [-0.05, 0) is 151 Å². The normalized spacial score (nSPS) is 15.5. The highest BCUT2D eigenvalue weighted by molar-refractivity contribution is 6.17. The van der Waals surface area contributed by atoms with Crippen LogP contribution < -0.4 is 5.32 Å². The number of aryl methyl sites for hydroxylation is 2. The second-order valence-corrected chi connectivity index (χ2v) is 21.3. The van der Waals surface area contributed by atoms with Gasteiger partial charge in [0.15, 0.2) is 0 Å². The van der Waals surface area contributed by atoms with Gasteiger partial charge in [0.25, 0.3) is 0 Å². The van der Waals surface area contributed by atoms with Gasteiger partial charge in [-0.2, -0.15) is 0 Å². The first-order valence-electron chi connectivity index (χ1n) is 25.1. The lowest BCUT2D eigenvalue weighted by Crippen LogP contribution is -2.44. The first-order chi connectivity index (χ1) is 32.2. The van der Waals surface area contributed by atoms with E-state index in [4.69, 9.17) is 11.6 Å². The van der Waals surface area contributed by atoms with E-state index in [9.17, 15) is 10.2 Å². The number of alkyl halides is 1. The molecule has 2 aliphatic rings. The van der Waals surface area contributed by atoms with Crippen LogP contribution >= 0.6 is 11.6 Å². The van der Waals surface area contributed by atoms with Crippen molar-refractivity contribution in [2.24, 2.45) is 11.8 Å². The van der Waals surface area contributed by atoms with E-state index in [1.165, 1.54) is 28.7 Å². The van der Waals surface area contributed by atoms with Gasteiger partial charge in [-0.1, -0.05) is 211 Å². The van der Waals surface area contributed by atoms with E-state index in [0.29, 0.717) is 0 Å². The van der Waals surface area contributed by atoms with E-state index in [1.54, 1.807) is 0 Å². The number of halogens is 1. The van der Waals surface area contributed by atoms with Gasteiger partial charge < -0.3 is 20.4 Å². The van der Waals surface area contributed by atoms with Crippen molar-refractivity contribution in [1.29, 1.82) is 0 Å². The molecule has 3 N–H and O–H groups in total. The quantitative estimate of drug-likeness (QED) is 0.101. The maximum Gasteiger partial charge on any atom is 0.117 e. The molecule has 6 aromatic carbocycles. The molecule has 0 aliphatic carbocycles. The molecule has 8 rings (SSSR count). The first kappa shape index (κ1) is 51.8. The van der Waals surface area contributed by atoms with Crippen LogP contribution in [0.25, 0.3) is 0 Å². The molecule has 5 heteroatoms. The fraction of sp³-hybridized carbons (Fsp3) is 0.419. The Morgan fingerprint density at radius 1 is 0.448 bits per heavy atom. The van der Waals surface area contributed by atoms with Crippen molar-refractivity contribution in [3.63, 3.8) is 0 Å². The summed E-state index contributed by atoms with van der Waals surface area (Å²) in [6.07, 6.45) is 8.50. The summed E-state index contributed by atoms with van der Waals surface area (Å²) in [6, 6.07) is 58.7. The van der Waals surface area contributed by atoms with Crippen molar-refractivity contribution in [2.75, 3.05) is 38.6 Å². The van der Waals surface area contributed by atoms with E-state index in [-0.39, 0.29) is 22.7 Å². The molecule has 0 unspecified atom stereocenters. The van der Waals surface area contributed by atoms with E-state index < -0.39 is 11.2 Å². The van der Waals surface area contributed by atoms with Crippen LogP contribution in [0.15, 0.2) is 170 Å². The summed E-state index contributed by atoms with van der Waals surface area (Å²) in [6.45, 7) is 18.7. The van der Waals surface area contributed by atoms with Crippen LogP contribution in [0, 0.1) is 11.8 Å². The van der Waals surface area contributed by atoms with Gasteiger partial charge in [-0.15, -0.1) is 11.6 Å². The number of nitrogens with zero attached hydrogens (tertiary/aromatic N) is 1. The molecule has 0 saturated carbocycles. The molecular formula is C62H79ClN2O2. The molecule has 2 heterocycles. The number of aliphatic hydroxyl groups is 2. The average molecular weight is 920 g/mol. The zero-order valence-corrected chi connectivity index (χ0v) is 42.2. The third-order valence-corrected chi connectivity index (χ3v) is 14.4. The summed E-state index contributed by atoms with van der Waals surface area (Å²) >= 11 is 5.66. The summed E-state index contributed by atoms with van der Waals surface area (Å²) < 4.78 is 0. The Labute approximate surface area is 409 Å². The molecule has 0 atom stereocenters. The van der Waals surface area contributed by atoms with Crippen molar-refractivity contribution < 1.29 is 10.2 Å². The van der Waals surface area contributed by atoms with Crippen molar-refractivity contribution in [3.8, 4) is 0 Å². The van der Waals surface area contributed by atoms with Crippen molar-refractivity contribution in [3.05, 3.63) is 214 Å². The molecule has 6 aromatic rings. The topological polar surface area (TPSA) is 55.7 Å². The maximum atomic E-state index is 12.1. The minimum Gasteiger partial charge on any atom is -0.380 e. The molecule has 0 bridgehead atoms. The Morgan fingerprint density at radius 3 is 1.10 bits per heavy atom. The fourth-order valence-electron chi connectivity index (χ4n) is 9.98. The molecule has 2 fully saturated rings. The summed E-state index contributed by atoms with van der Waals surface area (Å²) in [5.74, 6) is 1.23. The number of piperidine rings is 2. The van der Waals surface area contributed by atoms with E-state index in [2.05, 4.69) is 125 Å². The van der Waals surface area contributed by atoms with Gasteiger partial charge in [0.05, 0.1) is 0 Å². The van der Waals surface area contributed by atoms with Crippen LogP contribution in [0.5, 0.6) is 0 Å². The lowest BCUT2D eigenvalue weighted by molar-refractivity contribution is -0.0142. The smallest absolute Gasteiger partial charge is 0.117 e. The standard InChI is InChI=1S/C31H39NO.C18H21NO.C13H19Cl/c1-30(2,3)26-18-16-25(17-19-26)11-10-22-32-23-20-29(21-24-32)31(33,27-12-6-4-7-13-27)28-14-8-5-9-15-28;20-18(15-7-3-1-4-8-15,16-9-5-2-6-10-16)17-11-13-19-14-12-17;1-13(2,3)12-8-6-11(7-9-12)5-4-10-14/h4-9,12-19,29,33H,10-11,20-24H2,1-3H3;1-10,17,19-20H,11-14H2;6-9H,4-5,10H2,1-3H3. The Bertz CT molecular complexity index is 2190. The first-order valence-corrected chi connectivity index (χ1v) is 25.6. The summed E-state index contributed by atoms with van der Waals surface area (Å²) in [7, 11) is 0. The molecule has 2 aliphatic heterocycles. The van der Waals surface area contributed by atoms with Gasteiger partial charge in [-0.25, -0.2) is 0 Å². The number of rotatable bonds is 13. The van der Waals surface area contributed by atoms with Crippen LogP contribution in [0.1, 0.15) is 125 Å². The third-order valence-electron chi connectivity index (χ3n) is 14.1. The Hall–Kier alpha value is -4.55. The molecule has 4 nitrogen and oxygen atoms in total. The SMILES string of the molecule is CC(C)(C)c1ccc(CCCCl)cc1.CC(C)(C)c1ccc(CCCN2CCC(C(O)(c3ccccc3)c3ccccc3)CC2)cc1.OC(c1ccccc1)(c1ccccc1)C1CCNCC1. The monoisotopic (exact) mass is 919 g/mol. The van der Waals surface area contributed by atoms with Crippen molar-refractivity contribution in [1.82, 2.24) is 10.2 Å². The lowest BCUT2D eigenvalue weighted by Gasteiger charge is -2.42. The Kier molecular flexibility index (Phi) is 19.1. The Balaban J connectivity index is 0.000000184. The highest BCUT2D eigenvalue weighted by Gasteiger charge is 2.42. The van der Waals surface area contributed by atoms with Gasteiger partial charge in [-0.3, -0.25) is 0 Å². The highest BCUT2D eigenvalue weighted by atomic mass is 35.5. The van der Waals surface area contributed by atoms with E-state index in [1.807, 2.05) is 97.1 Å². The van der Waals surface area contributed by atoms with Crippen LogP contribution in [0.3, 0.4) is 0 Å². The van der Waals surface area contributed by atoms with Crippen LogP contribution in [-0.2, 0) is 34.9 Å². The average Bonchev–Trinajstić information content (AvgIpc) is 3.37. The van der Waals surface area contributed by atoms with E-state index >= 15 is 0 Å². The van der Waals surface area contributed by atoms with Gasteiger partial charge in [0.2, 0.25) is 0 Å². The van der Waals surface area contributed by atoms with Gasteiger partial charge in [0, 0.05) is 5.88 Å². The molecule has 2 saturated heterocycles. The predicted octanol–water partition coefficient (Wildman–Crippen LogP) is 13.6. The third kappa shape index (κ3) is 14.3. The molecular weight excluding hydrogens is 840 g/mol. The number of benzene rings is 6. The molecule has 0 amide bonds. The molecule has 0 aromatic heterocycles.